The van der Waals surface area contributed by atoms with E-state index in [4.69, 9.17) is 9.84 Å². The highest BCUT2D eigenvalue weighted by molar-refractivity contribution is 5.68. The fourth-order valence-corrected chi connectivity index (χ4v) is 2.26. The molecule has 100 valence electrons. The number of carboxylic acid groups (broad SMARTS) is 1. The van der Waals surface area contributed by atoms with Crippen molar-refractivity contribution in [1.29, 1.82) is 0 Å². The van der Waals surface area contributed by atoms with Crippen LogP contribution in [0.3, 0.4) is 0 Å². The molecule has 1 aliphatic rings. The molecule has 1 fully saturated rings. The average Bonchev–Trinajstić information content (AvgIpc) is 2.72. The first-order valence-electron chi connectivity index (χ1n) is 6.10. The van der Waals surface area contributed by atoms with Gasteiger partial charge in [-0.25, -0.2) is 4.79 Å². The second kappa shape index (κ2) is 5.07. The summed E-state index contributed by atoms with van der Waals surface area (Å²) in [6.07, 6.45) is 3.91. The van der Waals surface area contributed by atoms with Gasteiger partial charge in [-0.1, -0.05) is 0 Å². The summed E-state index contributed by atoms with van der Waals surface area (Å²) in [4.78, 5) is 12.7. The summed E-state index contributed by atoms with van der Waals surface area (Å²) in [6, 6.07) is 0. The van der Waals surface area contributed by atoms with Gasteiger partial charge >= 0.3 is 5.97 Å². The predicted octanol–water partition coefficient (Wildman–Crippen LogP) is 0.578. The van der Waals surface area contributed by atoms with Crippen LogP contribution in [-0.2, 0) is 22.6 Å². The van der Waals surface area contributed by atoms with Crippen LogP contribution in [0.2, 0.25) is 0 Å². The summed E-state index contributed by atoms with van der Waals surface area (Å²) in [6.45, 7) is 7.01. The normalized spacial score (nSPS) is 18.6. The molecular formula is C12H19N3O3. The third kappa shape index (κ3) is 3.08. The molecule has 2 rings (SSSR count). The number of aryl methyl sites for hydroxylation is 1. The van der Waals surface area contributed by atoms with E-state index in [-0.39, 0.29) is 12.2 Å². The van der Waals surface area contributed by atoms with Crippen molar-refractivity contribution < 1.29 is 14.6 Å². The van der Waals surface area contributed by atoms with Gasteiger partial charge in [-0.3, -0.25) is 9.58 Å². The molecule has 0 unspecified atom stereocenters. The van der Waals surface area contributed by atoms with Crippen molar-refractivity contribution in [2.45, 2.75) is 32.5 Å². The zero-order chi connectivity index (χ0) is 13.2. The Morgan fingerprint density at radius 1 is 1.61 bits per heavy atom. The minimum absolute atomic E-state index is 0.224. The molecule has 0 saturated carbocycles. The Labute approximate surface area is 106 Å². The minimum atomic E-state index is -0.918. The quantitative estimate of drug-likeness (QED) is 0.803. The Kier molecular flexibility index (Phi) is 3.68. The molecular weight excluding hydrogens is 234 g/mol. The van der Waals surface area contributed by atoms with Gasteiger partial charge in [-0.2, -0.15) is 5.10 Å². The highest BCUT2D eigenvalue weighted by atomic mass is 16.5. The molecule has 1 aromatic heterocycles. The van der Waals surface area contributed by atoms with Gasteiger partial charge in [0.1, 0.15) is 6.61 Å². The molecule has 18 heavy (non-hydrogen) atoms. The Hall–Kier alpha value is -1.40. The van der Waals surface area contributed by atoms with E-state index in [1.54, 1.807) is 0 Å². The third-order valence-corrected chi connectivity index (χ3v) is 3.08. The van der Waals surface area contributed by atoms with Crippen LogP contribution < -0.4 is 0 Å². The number of nitrogens with zero attached hydrogens (tertiary/aromatic N) is 3. The van der Waals surface area contributed by atoms with Crippen molar-refractivity contribution in [1.82, 2.24) is 14.7 Å². The first kappa shape index (κ1) is 13.0. The monoisotopic (exact) mass is 253 g/mol. The number of hydrogen-bond donors (Lipinski definition) is 1. The van der Waals surface area contributed by atoms with Crippen molar-refractivity contribution in [3.63, 3.8) is 0 Å². The van der Waals surface area contributed by atoms with Gasteiger partial charge < -0.3 is 9.84 Å². The maximum atomic E-state index is 10.4. The summed E-state index contributed by atoms with van der Waals surface area (Å²) < 4.78 is 7.26. The summed E-state index contributed by atoms with van der Waals surface area (Å²) in [7, 11) is 0. The van der Waals surface area contributed by atoms with E-state index in [9.17, 15) is 4.79 Å². The van der Waals surface area contributed by atoms with E-state index in [1.165, 1.54) is 5.56 Å². The van der Waals surface area contributed by atoms with Crippen LogP contribution in [0.25, 0.3) is 0 Å². The fourth-order valence-electron chi connectivity index (χ4n) is 2.26. The number of carboxylic acids is 1. The predicted molar refractivity (Wildman–Crippen MR) is 65.2 cm³/mol. The number of ether oxygens (including phenoxy) is 1. The number of likely N-dealkylation sites (tertiary alicyclic amines) is 1. The molecule has 0 amide bonds. The molecule has 0 radical (unpaired) electrons. The Bertz CT molecular complexity index is 424. The van der Waals surface area contributed by atoms with Crippen LogP contribution in [0, 0.1) is 0 Å². The second-order valence-corrected chi connectivity index (χ2v) is 4.98. The molecule has 1 aliphatic heterocycles. The largest absolute Gasteiger partial charge is 0.480 e. The molecule has 2 heterocycles. The lowest BCUT2D eigenvalue weighted by Crippen LogP contribution is -2.61. The van der Waals surface area contributed by atoms with Crippen LogP contribution in [0.15, 0.2) is 12.4 Å². The van der Waals surface area contributed by atoms with Crippen molar-refractivity contribution >= 4 is 5.97 Å². The van der Waals surface area contributed by atoms with Gasteiger partial charge in [0.05, 0.1) is 11.8 Å². The Morgan fingerprint density at radius 2 is 2.33 bits per heavy atom. The highest BCUT2D eigenvalue weighted by Crippen LogP contribution is 2.26. The van der Waals surface area contributed by atoms with Gasteiger partial charge in [-0.05, 0) is 13.8 Å². The third-order valence-electron chi connectivity index (χ3n) is 3.08. The van der Waals surface area contributed by atoms with Crippen LogP contribution in [0.4, 0.5) is 0 Å². The molecule has 1 N–H and O–H groups in total. The molecule has 1 aromatic rings. The lowest BCUT2D eigenvalue weighted by molar-refractivity contribution is -0.165. The smallest absolute Gasteiger partial charge is 0.329 e. The average molecular weight is 253 g/mol. The van der Waals surface area contributed by atoms with Gasteiger partial charge in [-0.15, -0.1) is 0 Å². The lowest BCUT2D eigenvalue weighted by Gasteiger charge is -2.47. The van der Waals surface area contributed by atoms with Gasteiger partial charge in [0.2, 0.25) is 0 Å². The molecule has 0 spiro atoms. The highest BCUT2D eigenvalue weighted by Gasteiger charge is 2.40. The molecule has 1 saturated heterocycles. The first-order chi connectivity index (χ1) is 8.50. The SMILES string of the molecule is CCn1cc(CN2CC(C)(OCC(=O)O)C2)cn1. The number of rotatable bonds is 6. The van der Waals surface area contributed by atoms with Crippen LogP contribution in [0.5, 0.6) is 0 Å². The topological polar surface area (TPSA) is 67.6 Å². The van der Waals surface area contributed by atoms with Crippen LogP contribution in [-0.4, -0.2) is 51.1 Å². The van der Waals surface area contributed by atoms with E-state index in [1.807, 2.05) is 24.0 Å². The van der Waals surface area contributed by atoms with Crippen LogP contribution in [0.1, 0.15) is 19.4 Å². The Morgan fingerprint density at radius 3 is 2.89 bits per heavy atom. The van der Waals surface area contributed by atoms with Gasteiger partial charge in [0.15, 0.2) is 0 Å². The summed E-state index contributed by atoms with van der Waals surface area (Å²) in [5.41, 5.74) is 0.858. The van der Waals surface area contributed by atoms with E-state index in [2.05, 4.69) is 16.9 Å². The maximum absolute atomic E-state index is 10.4. The number of aliphatic carboxylic acids is 1. The molecule has 0 bridgehead atoms. The van der Waals surface area contributed by atoms with E-state index in [0.717, 1.165) is 26.2 Å². The van der Waals surface area contributed by atoms with E-state index < -0.39 is 5.97 Å². The number of carbonyl (C=O) groups is 1. The molecule has 0 aliphatic carbocycles. The van der Waals surface area contributed by atoms with Gasteiger partial charge in [0.25, 0.3) is 0 Å². The van der Waals surface area contributed by atoms with Gasteiger partial charge in [0, 0.05) is 37.9 Å². The van der Waals surface area contributed by atoms with E-state index >= 15 is 0 Å². The number of aromatic nitrogens is 2. The van der Waals surface area contributed by atoms with Crippen molar-refractivity contribution in [2.24, 2.45) is 0 Å². The first-order valence-corrected chi connectivity index (χ1v) is 6.10. The summed E-state index contributed by atoms with van der Waals surface area (Å²) >= 11 is 0. The zero-order valence-corrected chi connectivity index (χ0v) is 10.8. The van der Waals surface area contributed by atoms with Crippen molar-refractivity contribution in [3.8, 4) is 0 Å². The fraction of sp³-hybridized carbons (Fsp3) is 0.667. The molecule has 6 heteroatoms. The summed E-state index contributed by atoms with van der Waals surface area (Å²) in [5.74, 6) is -0.918. The number of hydrogen-bond acceptors (Lipinski definition) is 4. The minimum Gasteiger partial charge on any atom is -0.480 e. The summed E-state index contributed by atoms with van der Waals surface area (Å²) in [5, 5.41) is 12.8. The molecule has 0 aromatic carbocycles. The molecule has 0 atom stereocenters. The van der Waals surface area contributed by atoms with Crippen molar-refractivity contribution in [2.75, 3.05) is 19.7 Å². The van der Waals surface area contributed by atoms with Crippen LogP contribution >= 0.6 is 0 Å². The standard InChI is InChI=1S/C12H19N3O3/c1-3-15-6-10(4-13-15)5-14-8-12(2,9-14)18-7-11(16)17/h4,6H,3,5,7-9H2,1-2H3,(H,16,17). The maximum Gasteiger partial charge on any atom is 0.329 e. The Balaban J connectivity index is 1.76. The van der Waals surface area contributed by atoms with E-state index in [0.29, 0.717) is 0 Å². The molecule has 6 nitrogen and oxygen atoms in total. The van der Waals surface area contributed by atoms with Crippen molar-refractivity contribution in [3.05, 3.63) is 18.0 Å². The second-order valence-electron chi connectivity index (χ2n) is 4.98. The zero-order valence-electron chi connectivity index (χ0n) is 10.8. The lowest BCUT2D eigenvalue weighted by atomic mass is 9.96.